The van der Waals surface area contributed by atoms with Crippen LogP contribution < -0.4 is 21.1 Å². The molecule has 198 valence electrons. The number of nitrogens with two attached hydrogens (primary N) is 1. The maximum atomic E-state index is 13.5. The van der Waals surface area contributed by atoms with Crippen molar-refractivity contribution in [3.05, 3.63) is 95.1 Å². The number of hydrogen-bond acceptors (Lipinski definition) is 5. The van der Waals surface area contributed by atoms with E-state index in [1.807, 2.05) is 61.5 Å². The topological polar surface area (TPSA) is 117 Å². The van der Waals surface area contributed by atoms with E-state index in [0.29, 0.717) is 18.0 Å². The number of ether oxygens (including phenoxy) is 1. The molecule has 3 aromatic rings. The highest BCUT2D eigenvalue weighted by molar-refractivity contribution is 5.96. The van der Waals surface area contributed by atoms with Gasteiger partial charge in [0.05, 0.1) is 13.5 Å². The van der Waals surface area contributed by atoms with Crippen LogP contribution in [-0.2, 0) is 29.1 Å². The molecule has 9 heteroatoms. The van der Waals surface area contributed by atoms with Gasteiger partial charge in [-0.2, -0.15) is 0 Å². The Morgan fingerprint density at radius 3 is 2.39 bits per heavy atom. The van der Waals surface area contributed by atoms with Gasteiger partial charge in [-0.1, -0.05) is 48.5 Å². The number of aryl methyl sites for hydroxylation is 1. The van der Waals surface area contributed by atoms with Crippen molar-refractivity contribution in [3.63, 3.8) is 0 Å². The van der Waals surface area contributed by atoms with Crippen molar-refractivity contribution in [3.8, 4) is 5.75 Å². The molecule has 4 N–H and O–H groups in total. The fourth-order valence-corrected chi connectivity index (χ4v) is 4.51. The van der Waals surface area contributed by atoms with Crippen LogP contribution in [0.3, 0.4) is 0 Å². The van der Waals surface area contributed by atoms with Gasteiger partial charge >= 0.3 is 6.03 Å². The third kappa shape index (κ3) is 6.49. The van der Waals surface area contributed by atoms with Crippen LogP contribution in [0.25, 0.3) is 0 Å². The molecule has 0 radical (unpaired) electrons. The minimum atomic E-state index is -1.09. The fourth-order valence-electron chi connectivity index (χ4n) is 4.51. The molecular formula is C29H33N5O4. The van der Waals surface area contributed by atoms with Gasteiger partial charge in [0, 0.05) is 31.9 Å². The van der Waals surface area contributed by atoms with Gasteiger partial charge in [-0.05, 0) is 53.4 Å². The number of amides is 4. The number of anilines is 1. The van der Waals surface area contributed by atoms with Crippen LogP contribution in [0.15, 0.2) is 72.8 Å². The largest absolute Gasteiger partial charge is 0.497 e. The van der Waals surface area contributed by atoms with Gasteiger partial charge in [0.15, 0.2) is 6.17 Å². The van der Waals surface area contributed by atoms with Crippen LogP contribution >= 0.6 is 0 Å². The summed E-state index contributed by atoms with van der Waals surface area (Å²) in [6.45, 7) is 3.03. The number of hydrogen-bond donors (Lipinski definition) is 3. The number of nitrogens with one attached hydrogen (secondary N) is 2. The molecule has 1 unspecified atom stereocenters. The smallest absolute Gasteiger partial charge is 0.323 e. The van der Waals surface area contributed by atoms with Crippen molar-refractivity contribution in [2.75, 3.05) is 25.5 Å². The van der Waals surface area contributed by atoms with E-state index in [1.54, 1.807) is 25.3 Å². The molecule has 1 atom stereocenters. The van der Waals surface area contributed by atoms with Crippen molar-refractivity contribution in [2.24, 2.45) is 5.73 Å². The zero-order chi connectivity index (χ0) is 27.1. The van der Waals surface area contributed by atoms with Crippen molar-refractivity contribution >= 4 is 23.5 Å². The average Bonchev–Trinajstić information content (AvgIpc) is 3.38. The first-order valence-corrected chi connectivity index (χ1v) is 12.5. The van der Waals surface area contributed by atoms with E-state index in [-0.39, 0.29) is 32.0 Å². The van der Waals surface area contributed by atoms with Gasteiger partial charge in [-0.15, -0.1) is 0 Å². The second kappa shape index (κ2) is 12.2. The van der Waals surface area contributed by atoms with Gasteiger partial charge in [0.1, 0.15) is 5.75 Å². The van der Waals surface area contributed by atoms with Gasteiger partial charge in [-0.25, -0.2) is 4.79 Å². The Labute approximate surface area is 222 Å². The lowest BCUT2D eigenvalue weighted by molar-refractivity contribution is -0.140. The van der Waals surface area contributed by atoms with Gasteiger partial charge in [-0.3, -0.25) is 14.5 Å². The highest BCUT2D eigenvalue weighted by atomic mass is 16.5. The Morgan fingerprint density at radius 2 is 1.63 bits per heavy atom. The molecular weight excluding hydrogens is 482 g/mol. The molecule has 4 amide bonds. The number of carbonyl (C=O) groups excluding carboxylic acids is 3. The lowest BCUT2D eigenvalue weighted by Gasteiger charge is -2.29. The van der Waals surface area contributed by atoms with E-state index < -0.39 is 18.1 Å². The van der Waals surface area contributed by atoms with Gasteiger partial charge in [0.2, 0.25) is 5.91 Å². The fraction of sp³-hybridized carbons (Fsp3) is 0.276. The normalized spacial score (nSPS) is 14.8. The number of urea groups is 1. The monoisotopic (exact) mass is 515 g/mol. The predicted octanol–water partition coefficient (Wildman–Crippen LogP) is 3.02. The summed E-state index contributed by atoms with van der Waals surface area (Å²) < 4.78 is 5.27. The third-order valence-corrected chi connectivity index (χ3v) is 6.44. The molecule has 0 saturated carbocycles. The molecule has 1 aliphatic rings. The second-order valence-electron chi connectivity index (χ2n) is 9.22. The first-order valence-electron chi connectivity index (χ1n) is 12.5. The molecule has 1 aliphatic heterocycles. The molecule has 0 aliphatic carbocycles. The summed E-state index contributed by atoms with van der Waals surface area (Å²) in [7, 11) is 1.57. The third-order valence-electron chi connectivity index (χ3n) is 6.44. The molecule has 1 heterocycles. The van der Waals surface area contributed by atoms with E-state index in [0.717, 1.165) is 22.3 Å². The molecule has 1 fully saturated rings. The summed E-state index contributed by atoms with van der Waals surface area (Å²) >= 11 is 0. The number of carbonyl (C=O) groups is 3. The maximum Gasteiger partial charge on any atom is 0.323 e. The molecule has 4 rings (SSSR count). The lowest BCUT2D eigenvalue weighted by atomic mass is 10.1. The molecule has 0 aromatic heterocycles. The van der Waals surface area contributed by atoms with Crippen LogP contribution in [0, 0.1) is 6.92 Å². The Morgan fingerprint density at radius 1 is 0.921 bits per heavy atom. The molecule has 9 nitrogen and oxygen atoms in total. The Balaban J connectivity index is 1.53. The first-order chi connectivity index (χ1) is 18.4. The highest BCUT2D eigenvalue weighted by Crippen LogP contribution is 2.21. The van der Waals surface area contributed by atoms with Crippen LogP contribution in [0.5, 0.6) is 5.75 Å². The summed E-state index contributed by atoms with van der Waals surface area (Å²) in [5, 5.41) is 5.76. The summed E-state index contributed by atoms with van der Waals surface area (Å²) in [5.41, 5.74) is 9.94. The zero-order valence-corrected chi connectivity index (χ0v) is 21.6. The van der Waals surface area contributed by atoms with E-state index in [2.05, 4.69) is 10.6 Å². The van der Waals surface area contributed by atoms with Crippen LogP contribution in [0.2, 0.25) is 0 Å². The van der Waals surface area contributed by atoms with Crippen molar-refractivity contribution in [2.45, 2.75) is 32.6 Å². The summed E-state index contributed by atoms with van der Waals surface area (Å²) in [4.78, 5) is 43.0. The van der Waals surface area contributed by atoms with Crippen LogP contribution in [0.4, 0.5) is 10.5 Å². The predicted molar refractivity (Wildman–Crippen MR) is 145 cm³/mol. The van der Waals surface area contributed by atoms with E-state index in [4.69, 9.17) is 10.5 Å². The summed E-state index contributed by atoms with van der Waals surface area (Å²) in [6, 6.07) is 21.8. The van der Waals surface area contributed by atoms with E-state index in [1.165, 1.54) is 9.80 Å². The van der Waals surface area contributed by atoms with E-state index in [9.17, 15) is 14.4 Å². The maximum absolute atomic E-state index is 13.5. The van der Waals surface area contributed by atoms with Crippen molar-refractivity contribution in [1.82, 2.24) is 15.1 Å². The van der Waals surface area contributed by atoms with Crippen molar-refractivity contribution in [1.29, 1.82) is 0 Å². The Hall–Kier alpha value is -4.37. The molecule has 0 bridgehead atoms. The minimum Gasteiger partial charge on any atom is -0.497 e. The Bertz CT molecular complexity index is 1310. The van der Waals surface area contributed by atoms with Crippen molar-refractivity contribution < 1.29 is 19.1 Å². The van der Waals surface area contributed by atoms with E-state index >= 15 is 0 Å². The SMILES string of the molecule is COc1cccc(CC(=O)N2CCN(C(=O)Nc3cccc(C)c3)C2C(=O)NCc2cccc(CN)c2)c1. The molecule has 1 saturated heterocycles. The molecule has 0 spiro atoms. The van der Waals surface area contributed by atoms with Gasteiger partial charge in [0.25, 0.3) is 5.91 Å². The number of methoxy groups -OCH3 is 1. The standard InChI is InChI=1S/C29H33N5O4/c1-20-6-3-10-24(14-20)32-29(37)34-13-12-33(26(35)17-21-7-5-11-25(16-21)38-2)28(34)27(36)31-19-23-9-4-8-22(15-23)18-30/h3-11,14-16,28H,12-13,17-19,30H2,1-2H3,(H,31,36)(H,32,37). The number of benzene rings is 3. The quantitative estimate of drug-likeness (QED) is 0.426. The molecule has 3 aromatic carbocycles. The van der Waals surface area contributed by atoms with Gasteiger partial charge < -0.3 is 26.0 Å². The summed E-state index contributed by atoms with van der Waals surface area (Å²) in [6.07, 6.45) is -1.01. The highest BCUT2D eigenvalue weighted by Gasteiger charge is 2.42. The number of rotatable bonds is 8. The lowest BCUT2D eigenvalue weighted by Crippen LogP contribution is -2.54. The Kier molecular flexibility index (Phi) is 8.60. The minimum absolute atomic E-state index is 0.0763. The second-order valence-corrected chi connectivity index (χ2v) is 9.22. The molecule has 38 heavy (non-hydrogen) atoms. The first kappa shape index (κ1) is 26.7. The average molecular weight is 516 g/mol. The van der Waals surface area contributed by atoms with Crippen LogP contribution in [-0.4, -0.2) is 54.0 Å². The van der Waals surface area contributed by atoms with Crippen LogP contribution in [0.1, 0.15) is 22.3 Å². The summed E-state index contributed by atoms with van der Waals surface area (Å²) in [5.74, 6) is -0.0432. The zero-order valence-electron chi connectivity index (χ0n) is 21.6. The number of nitrogens with zero attached hydrogens (tertiary/aromatic N) is 2.